The van der Waals surface area contributed by atoms with Crippen molar-refractivity contribution in [3.8, 4) is 0 Å². The van der Waals surface area contributed by atoms with Crippen molar-refractivity contribution in [2.24, 2.45) is 0 Å². The molecule has 17 heavy (non-hydrogen) atoms. The van der Waals surface area contributed by atoms with Crippen LogP contribution in [0.2, 0.25) is 0 Å². The zero-order valence-corrected chi connectivity index (χ0v) is 10.5. The van der Waals surface area contributed by atoms with Gasteiger partial charge in [-0.05, 0) is 38.0 Å². The van der Waals surface area contributed by atoms with Crippen LogP contribution in [0.3, 0.4) is 0 Å². The predicted molar refractivity (Wildman–Crippen MR) is 68.9 cm³/mol. The van der Waals surface area contributed by atoms with Gasteiger partial charge >= 0.3 is 0 Å². The van der Waals surface area contributed by atoms with Crippen molar-refractivity contribution in [2.75, 3.05) is 13.7 Å². The van der Waals surface area contributed by atoms with Gasteiger partial charge in [-0.25, -0.2) is 0 Å². The lowest BCUT2D eigenvalue weighted by Crippen LogP contribution is -2.10. The van der Waals surface area contributed by atoms with E-state index in [2.05, 4.69) is 16.3 Å². The molecule has 1 aliphatic carbocycles. The molecule has 0 unspecified atom stereocenters. The van der Waals surface area contributed by atoms with Gasteiger partial charge in [-0.2, -0.15) is 0 Å². The summed E-state index contributed by atoms with van der Waals surface area (Å²) in [4.78, 5) is 15.2. The Labute approximate surface area is 103 Å². The molecule has 0 radical (unpaired) electrons. The van der Waals surface area contributed by atoms with Crippen LogP contribution >= 0.6 is 0 Å². The summed E-state index contributed by atoms with van der Waals surface area (Å²) in [6.45, 7) is 6.43. The van der Waals surface area contributed by atoms with Gasteiger partial charge in [-0.1, -0.05) is 12.6 Å². The minimum absolute atomic E-state index is 0.265. The number of aromatic nitrogens is 1. The molecule has 3 nitrogen and oxygen atoms in total. The number of ether oxygens (including phenoxy) is 1. The van der Waals surface area contributed by atoms with Gasteiger partial charge in [0.1, 0.15) is 6.29 Å². The Morgan fingerprint density at radius 1 is 1.53 bits per heavy atom. The van der Waals surface area contributed by atoms with E-state index >= 15 is 0 Å². The summed E-state index contributed by atoms with van der Waals surface area (Å²) in [5, 5.41) is 0. The lowest BCUT2D eigenvalue weighted by molar-refractivity contribution is -0.109. The summed E-state index contributed by atoms with van der Waals surface area (Å²) < 4.78 is 4.54. The third kappa shape index (κ3) is 3.49. The van der Waals surface area contributed by atoms with E-state index in [4.69, 9.17) is 0 Å². The normalized spacial score (nSPS) is 15.4. The number of nitrogens with zero attached hydrogens (tertiary/aromatic N) is 1. The van der Waals surface area contributed by atoms with E-state index < -0.39 is 0 Å². The van der Waals surface area contributed by atoms with Crippen molar-refractivity contribution in [3.63, 3.8) is 0 Å². The highest BCUT2D eigenvalue weighted by Crippen LogP contribution is 2.45. The van der Waals surface area contributed by atoms with Crippen LogP contribution in [0, 0.1) is 0 Å². The minimum atomic E-state index is -0.265. The summed E-state index contributed by atoms with van der Waals surface area (Å²) >= 11 is 0. The maximum atomic E-state index is 10.8. The molecule has 1 saturated carbocycles. The van der Waals surface area contributed by atoms with Crippen LogP contribution in [-0.2, 0) is 14.9 Å². The number of carbonyl (C=O) groups excluding carboxylic acids is 1. The van der Waals surface area contributed by atoms with Gasteiger partial charge in [-0.3, -0.25) is 4.98 Å². The van der Waals surface area contributed by atoms with Gasteiger partial charge in [0, 0.05) is 13.7 Å². The largest absolute Gasteiger partial charge is 0.385 e. The predicted octanol–water partition coefficient (Wildman–Crippen LogP) is 2.61. The fourth-order valence-corrected chi connectivity index (χ4v) is 1.41. The molecule has 0 amide bonds. The molecule has 0 bridgehead atoms. The first-order valence-corrected chi connectivity index (χ1v) is 5.77. The molecule has 1 fully saturated rings. The molecule has 1 heterocycles. The second-order valence-electron chi connectivity index (χ2n) is 4.00. The van der Waals surface area contributed by atoms with Crippen molar-refractivity contribution < 1.29 is 9.53 Å². The van der Waals surface area contributed by atoms with Gasteiger partial charge in [0.2, 0.25) is 0 Å². The number of methoxy groups -OCH3 is 1. The molecule has 3 heteroatoms. The monoisotopic (exact) mass is 233 g/mol. The average Bonchev–Trinajstić information content (AvgIpc) is 3.20. The van der Waals surface area contributed by atoms with Gasteiger partial charge in [-0.15, -0.1) is 0 Å². The number of hydrogen-bond donors (Lipinski definition) is 0. The van der Waals surface area contributed by atoms with Crippen molar-refractivity contribution in [3.05, 3.63) is 36.2 Å². The van der Waals surface area contributed by atoms with Gasteiger partial charge in [0.05, 0.1) is 16.8 Å². The van der Waals surface area contributed by atoms with Gasteiger partial charge in [0.25, 0.3) is 0 Å². The number of rotatable bonds is 4. The standard InChI is InChI=1S/C11H11NO.C3H8O/c1-2-9-4-3-5-10(12-9)11(8-13)6-7-11;1-3-4-2/h2-5,8H,1,6-7H2;3H2,1-2H3. The molecule has 0 saturated heterocycles. The molecule has 0 N–H and O–H groups in total. The first-order valence-electron chi connectivity index (χ1n) is 5.77. The van der Waals surface area contributed by atoms with E-state index in [1.165, 1.54) is 0 Å². The number of carbonyl (C=O) groups is 1. The van der Waals surface area contributed by atoms with Crippen LogP contribution in [0.4, 0.5) is 0 Å². The molecule has 1 aromatic heterocycles. The van der Waals surface area contributed by atoms with Crippen LogP contribution < -0.4 is 0 Å². The van der Waals surface area contributed by atoms with E-state index in [-0.39, 0.29) is 5.41 Å². The van der Waals surface area contributed by atoms with Crippen LogP contribution in [0.5, 0.6) is 0 Å². The summed E-state index contributed by atoms with van der Waals surface area (Å²) in [5.74, 6) is 0. The Morgan fingerprint density at radius 2 is 2.18 bits per heavy atom. The molecule has 0 aliphatic heterocycles. The van der Waals surface area contributed by atoms with E-state index in [1.54, 1.807) is 13.2 Å². The number of hydrogen-bond acceptors (Lipinski definition) is 3. The van der Waals surface area contributed by atoms with Crippen molar-refractivity contribution in [2.45, 2.75) is 25.2 Å². The van der Waals surface area contributed by atoms with Crippen molar-refractivity contribution >= 4 is 12.4 Å². The third-order valence-electron chi connectivity index (χ3n) is 2.79. The van der Waals surface area contributed by atoms with Crippen LogP contribution in [0.25, 0.3) is 6.08 Å². The average molecular weight is 233 g/mol. The van der Waals surface area contributed by atoms with Gasteiger partial charge in [0.15, 0.2) is 0 Å². The SMILES string of the molecule is C=Cc1cccc(C2(C=O)CC2)n1.CCOC. The summed E-state index contributed by atoms with van der Waals surface area (Å²) in [7, 11) is 1.68. The highest BCUT2D eigenvalue weighted by atomic mass is 16.5. The second-order valence-corrected chi connectivity index (χ2v) is 4.00. The van der Waals surface area contributed by atoms with Crippen molar-refractivity contribution in [1.82, 2.24) is 4.98 Å². The maximum Gasteiger partial charge on any atom is 0.132 e. The fraction of sp³-hybridized carbons (Fsp3) is 0.429. The Kier molecular flexibility index (Phi) is 5.04. The minimum Gasteiger partial charge on any atom is -0.385 e. The molecule has 1 aromatic rings. The van der Waals surface area contributed by atoms with Crippen molar-refractivity contribution in [1.29, 1.82) is 0 Å². The zero-order valence-electron chi connectivity index (χ0n) is 10.5. The summed E-state index contributed by atoms with van der Waals surface area (Å²) in [6.07, 6.45) is 4.58. The Hall–Kier alpha value is -1.48. The van der Waals surface area contributed by atoms with Crippen LogP contribution in [0.15, 0.2) is 24.8 Å². The van der Waals surface area contributed by atoms with Crippen LogP contribution in [0.1, 0.15) is 31.2 Å². The van der Waals surface area contributed by atoms with Crippen LogP contribution in [-0.4, -0.2) is 25.0 Å². The molecule has 0 spiro atoms. The summed E-state index contributed by atoms with van der Waals surface area (Å²) in [5.41, 5.74) is 1.46. The third-order valence-corrected chi connectivity index (χ3v) is 2.79. The smallest absolute Gasteiger partial charge is 0.132 e. The first-order chi connectivity index (χ1) is 8.22. The lowest BCUT2D eigenvalue weighted by Gasteiger charge is -2.06. The quantitative estimate of drug-likeness (QED) is 0.750. The topological polar surface area (TPSA) is 39.2 Å². The Morgan fingerprint density at radius 3 is 2.59 bits per heavy atom. The Balaban J connectivity index is 0.000000317. The molecule has 0 atom stereocenters. The molecular weight excluding hydrogens is 214 g/mol. The zero-order chi connectivity index (χ0) is 12.7. The Bertz CT molecular complexity index is 382. The second kappa shape index (κ2) is 6.30. The first kappa shape index (κ1) is 13.6. The summed E-state index contributed by atoms with van der Waals surface area (Å²) in [6, 6.07) is 5.72. The van der Waals surface area contributed by atoms with E-state index in [0.29, 0.717) is 0 Å². The number of aldehydes is 1. The molecule has 2 rings (SSSR count). The molecular formula is C14H19NO2. The molecule has 0 aromatic carbocycles. The van der Waals surface area contributed by atoms with E-state index in [9.17, 15) is 4.79 Å². The van der Waals surface area contributed by atoms with E-state index in [0.717, 1.165) is 37.1 Å². The lowest BCUT2D eigenvalue weighted by atomic mass is 10.0. The van der Waals surface area contributed by atoms with E-state index in [1.807, 2.05) is 25.1 Å². The molecule has 92 valence electrons. The highest BCUT2D eigenvalue weighted by molar-refractivity contribution is 5.72. The maximum absolute atomic E-state index is 10.8. The molecule has 1 aliphatic rings. The van der Waals surface area contributed by atoms with Gasteiger partial charge < -0.3 is 9.53 Å². The highest BCUT2D eigenvalue weighted by Gasteiger charge is 2.45. The fourth-order valence-electron chi connectivity index (χ4n) is 1.41. The number of pyridine rings is 1.